The number of nitrogens with one attached hydrogen (secondary N) is 1. The first kappa shape index (κ1) is 15.1. The molecule has 118 valence electrons. The van der Waals surface area contributed by atoms with Crippen LogP contribution in [-0.2, 0) is 4.79 Å². The predicted molar refractivity (Wildman–Crippen MR) is 98.0 cm³/mol. The third-order valence-electron chi connectivity index (χ3n) is 4.04. The Balaban J connectivity index is 2.10. The Labute approximate surface area is 147 Å². The second kappa shape index (κ2) is 5.86. The molecule has 5 heteroatoms. The molecule has 3 aromatic carbocycles. The monoisotopic (exact) mass is 355 g/mol. The van der Waals surface area contributed by atoms with Gasteiger partial charge in [0.05, 0.1) is 10.9 Å². The quantitative estimate of drug-likeness (QED) is 0.469. The van der Waals surface area contributed by atoms with Crippen LogP contribution in [0.15, 0.2) is 54.7 Å². The summed E-state index contributed by atoms with van der Waals surface area (Å²) in [6.45, 7) is 0.434. The van der Waals surface area contributed by atoms with Gasteiger partial charge in [-0.05, 0) is 23.6 Å². The number of ether oxygens (including phenoxy) is 1. The SMILES string of the molecule is O=COc1cc2ccccc2c2[nH]cc(-c3ccc(Cl)cc3Cl)c12. The average molecular weight is 356 g/mol. The molecule has 0 bridgehead atoms. The Morgan fingerprint density at radius 1 is 1.00 bits per heavy atom. The molecule has 0 aliphatic carbocycles. The number of hydrogen-bond acceptors (Lipinski definition) is 2. The van der Waals surface area contributed by atoms with E-state index in [0.717, 1.165) is 32.8 Å². The van der Waals surface area contributed by atoms with Crippen molar-refractivity contribution in [2.24, 2.45) is 0 Å². The van der Waals surface area contributed by atoms with Crippen molar-refractivity contribution < 1.29 is 9.53 Å². The van der Waals surface area contributed by atoms with Crippen molar-refractivity contribution in [3.63, 3.8) is 0 Å². The fourth-order valence-corrected chi connectivity index (χ4v) is 3.53. The number of aromatic amines is 1. The Bertz CT molecular complexity index is 1090. The Morgan fingerprint density at radius 2 is 1.83 bits per heavy atom. The molecule has 0 saturated heterocycles. The molecule has 3 nitrogen and oxygen atoms in total. The van der Waals surface area contributed by atoms with Crippen molar-refractivity contribution in [3.05, 3.63) is 64.8 Å². The fraction of sp³-hybridized carbons (Fsp3) is 0. The van der Waals surface area contributed by atoms with Gasteiger partial charge >= 0.3 is 0 Å². The molecule has 4 rings (SSSR count). The number of halogens is 2. The number of carbonyl (C=O) groups excluding carboxylic acids is 1. The van der Waals surface area contributed by atoms with E-state index in [1.165, 1.54) is 0 Å². The van der Waals surface area contributed by atoms with E-state index < -0.39 is 0 Å². The van der Waals surface area contributed by atoms with E-state index in [1.807, 2.05) is 42.6 Å². The van der Waals surface area contributed by atoms with Gasteiger partial charge in [-0.3, -0.25) is 4.79 Å². The van der Waals surface area contributed by atoms with Gasteiger partial charge in [-0.25, -0.2) is 0 Å². The largest absolute Gasteiger partial charge is 0.428 e. The van der Waals surface area contributed by atoms with Gasteiger partial charge in [-0.15, -0.1) is 0 Å². The lowest BCUT2D eigenvalue weighted by molar-refractivity contribution is -0.120. The van der Waals surface area contributed by atoms with E-state index in [4.69, 9.17) is 27.9 Å². The summed E-state index contributed by atoms with van der Waals surface area (Å²) in [5.41, 5.74) is 2.57. The van der Waals surface area contributed by atoms with Crippen molar-refractivity contribution >= 4 is 51.3 Å². The van der Waals surface area contributed by atoms with Crippen LogP contribution >= 0.6 is 23.2 Å². The zero-order valence-corrected chi connectivity index (χ0v) is 13.9. The lowest BCUT2D eigenvalue weighted by atomic mass is 10.0. The van der Waals surface area contributed by atoms with Crippen LogP contribution in [0.25, 0.3) is 32.8 Å². The lowest BCUT2D eigenvalue weighted by Crippen LogP contribution is -1.91. The molecular weight excluding hydrogens is 345 g/mol. The summed E-state index contributed by atoms with van der Waals surface area (Å²) in [5.74, 6) is 0.487. The summed E-state index contributed by atoms with van der Waals surface area (Å²) in [5, 5.41) is 3.94. The molecule has 1 heterocycles. The number of benzene rings is 3. The van der Waals surface area contributed by atoms with Crippen molar-refractivity contribution in [2.45, 2.75) is 0 Å². The molecular formula is C19H11Cl2NO2. The van der Waals surface area contributed by atoms with E-state index in [0.29, 0.717) is 22.3 Å². The Hall–Kier alpha value is -2.49. The van der Waals surface area contributed by atoms with E-state index in [9.17, 15) is 4.79 Å². The van der Waals surface area contributed by atoms with Crippen molar-refractivity contribution in [2.75, 3.05) is 0 Å². The highest BCUT2D eigenvalue weighted by molar-refractivity contribution is 6.37. The topological polar surface area (TPSA) is 42.1 Å². The molecule has 0 aliphatic rings. The van der Waals surface area contributed by atoms with Gasteiger partial charge in [-0.2, -0.15) is 0 Å². The zero-order valence-electron chi connectivity index (χ0n) is 12.3. The number of carbonyl (C=O) groups is 1. The van der Waals surface area contributed by atoms with Crippen LogP contribution in [0.3, 0.4) is 0 Å². The molecule has 4 aromatic rings. The number of rotatable bonds is 3. The van der Waals surface area contributed by atoms with Crippen LogP contribution in [0, 0.1) is 0 Å². The van der Waals surface area contributed by atoms with Crippen molar-refractivity contribution in [1.82, 2.24) is 4.98 Å². The second-order valence-electron chi connectivity index (χ2n) is 5.39. The van der Waals surface area contributed by atoms with Gasteiger partial charge in [-0.1, -0.05) is 53.5 Å². The number of aromatic nitrogens is 1. The maximum Gasteiger partial charge on any atom is 0.298 e. The molecule has 1 aromatic heterocycles. The minimum atomic E-state index is 0.434. The first-order valence-electron chi connectivity index (χ1n) is 7.27. The Kier molecular flexibility index (Phi) is 3.68. The maximum atomic E-state index is 11.0. The molecule has 0 aliphatic heterocycles. The molecule has 0 atom stereocenters. The first-order chi connectivity index (χ1) is 11.7. The van der Waals surface area contributed by atoms with E-state index >= 15 is 0 Å². The zero-order chi connectivity index (χ0) is 16.7. The van der Waals surface area contributed by atoms with E-state index in [2.05, 4.69) is 4.98 Å². The van der Waals surface area contributed by atoms with Gasteiger partial charge in [0, 0.05) is 32.8 Å². The van der Waals surface area contributed by atoms with Crippen LogP contribution < -0.4 is 4.74 Å². The smallest absolute Gasteiger partial charge is 0.298 e. The summed E-state index contributed by atoms with van der Waals surface area (Å²) < 4.78 is 5.24. The first-order valence-corrected chi connectivity index (χ1v) is 8.03. The van der Waals surface area contributed by atoms with Crippen molar-refractivity contribution in [3.8, 4) is 16.9 Å². The van der Waals surface area contributed by atoms with Crippen LogP contribution in [-0.4, -0.2) is 11.5 Å². The Morgan fingerprint density at radius 3 is 2.62 bits per heavy atom. The molecule has 0 fully saturated rings. The average Bonchev–Trinajstić information content (AvgIpc) is 3.00. The fourth-order valence-electron chi connectivity index (χ4n) is 3.02. The van der Waals surface area contributed by atoms with Gasteiger partial charge in [0.2, 0.25) is 0 Å². The summed E-state index contributed by atoms with van der Waals surface area (Å²) >= 11 is 12.4. The normalized spacial score (nSPS) is 11.1. The highest BCUT2D eigenvalue weighted by Crippen LogP contribution is 2.42. The second-order valence-corrected chi connectivity index (χ2v) is 6.23. The van der Waals surface area contributed by atoms with Crippen LogP contribution in [0.2, 0.25) is 10.0 Å². The molecule has 1 N–H and O–H groups in total. The number of hydrogen-bond donors (Lipinski definition) is 1. The van der Waals surface area contributed by atoms with Crippen LogP contribution in [0.1, 0.15) is 0 Å². The minimum absolute atomic E-state index is 0.434. The summed E-state index contributed by atoms with van der Waals surface area (Å²) in [6, 6.07) is 15.1. The van der Waals surface area contributed by atoms with Crippen LogP contribution in [0.4, 0.5) is 0 Å². The number of H-pyrrole nitrogens is 1. The summed E-state index contributed by atoms with van der Waals surface area (Å²) in [4.78, 5) is 14.2. The highest BCUT2D eigenvalue weighted by atomic mass is 35.5. The number of fused-ring (bicyclic) bond motifs is 3. The molecule has 0 radical (unpaired) electrons. The third-order valence-corrected chi connectivity index (χ3v) is 4.59. The van der Waals surface area contributed by atoms with Gasteiger partial charge in [0.25, 0.3) is 6.47 Å². The standard InChI is InChI=1S/C19H11Cl2NO2/c20-12-5-6-14(16(21)8-12)15-9-22-19-13-4-2-1-3-11(13)7-17(18(15)19)24-10-23/h1-10,22H. The summed E-state index contributed by atoms with van der Waals surface area (Å²) in [7, 11) is 0. The van der Waals surface area contributed by atoms with Gasteiger partial charge in [0.15, 0.2) is 0 Å². The summed E-state index contributed by atoms with van der Waals surface area (Å²) in [6.07, 6.45) is 1.86. The molecule has 24 heavy (non-hydrogen) atoms. The third kappa shape index (κ3) is 2.33. The van der Waals surface area contributed by atoms with Gasteiger partial charge < -0.3 is 9.72 Å². The lowest BCUT2D eigenvalue weighted by Gasteiger charge is -2.08. The maximum absolute atomic E-state index is 11.0. The van der Waals surface area contributed by atoms with E-state index in [-0.39, 0.29) is 0 Å². The molecule has 0 spiro atoms. The molecule has 0 saturated carbocycles. The van der Waals surface area contributed by atoms with E-state index in [1.54, 1.807) is 12.1 Å². The van der Waals surface area contributed by atoms with Crippen LogP contribution in [0.5, 0.6) is 5.75 Å². The molecule has 0 amide bonds. The van der Waals surface area contributed by atoms with Crippen molar-refractivity contribution in [1.29, 1.82) is 0 Å². The highest BCUT2D eigenvalue weighted by Gasteiger charge is 2.16. The molecule has 0 unspecified atom stereocenters. The predicted octanol–water partition coefficient (Wildman–Crippen LogP) is 5.83. The van der Waals surface area contributed by atoms with Gasteiger partial charge in [0.1, 0.15) is 5.75 Å². The minimum Gasteiger partial charge on any atom is -0.428 e.